The molecule has 1 amide bonds. The van der Waals surface area contributed by atoms with Crippen LogP contribution in [0.25, 0.3) is 0 Å². The zero-order valence-electron chi connectivity index (χ0n) is 11.6. The topological polar surface area (TPSA) is 93.5 Å². The number of amides is 1. The number of anilines is 1. The number of methoxy groups -OCH3 is 1. The summed E-state index contributed by atoms with van der Waals surface area (Å²) in [6.45, 7) is 1.64. The maximum atomic E-state index is 12.1. The minimum absolute atomic E-state index is 0.0981. The van der Waals surface area contributed by atoms with Gasteiger partial charge in [0.2, 0.25) is 5.91 Å². The Balaban J connectivity index is 2.05. The largest absolute Gasteiger partial charge is 0.497 e. The van der Waals surface area contributed by atoms with Gasteiger partial charge in [0.15, 0.2) is 5.69 Å². The Labute approximate surface area is 121 Å². The van der Waals surface area contributed by atoms with Crippen molar-refractivity contribution in [3.8, 4) is 5.75 Å². The molecule has 0 aliphatic carbocycles. The molecular formula is C14H15N3O4. The SMILES string of the molecule is COc1ccc(NC(=O)C(C)n2ccc(C(=O)O)n2)cc1. The van der Waals surface area contributed by atoms with Crippen molar-refractivity contribution in [3.63, 3.8) is 0 Å². The number of carboxylic acid groups (broad SMARTS) is 1. The standard InChI is InChI=1S/C14H15N3O4/c1-9(17-8-7-12(16-17)14(19)20)13(18)15-10-3-5-11(21-2)6-4-10/h3-9H,1-2H3,(H,15,18)(H,19,20). The highest BCUT2D eigenvalue weighted by Gasteiger charge is 2.17. The third-order valence-electron chi connectivity index (χ3n) is 2.96. The number of carbonyl (C=O) groups excluding carboxylic acids is 1. The molecule has 0 aliphatic rings. The molecule has 21 heavy (non-hydrogen) atoms. The van der Waals surface area contributed by atoms with E-state index in [0.717, 1.165) is 0 Å². The van der Waals surface area contributed by atoms with E-state index in [1.165, 1.54) is 16.9 Å². The van der Waals surface area contributed by atoms with Gasteiger partial charge in [-0.2, -0.15) is 5.10 Å². The summed E-state index contributed by atoms with van der Waals surface area (Å²) in [6, 6.07) is 7.62. The van der Waals surface area contributed by atoms with E-state index in [-0.39, 0.29) is 11.6 Å². The number of rotatable bonds is 5. The maximum Gasteiger partial charge on any atom is 0.356 e. The van der Waals surface area contributed by atoms with E-state index >= 15 is 0 Å². The number of carbonyl (C=O) groups is 2. The predicted molar refractivity (Wildman–Crippen MR) is 75.5 cm³/mol. The highest BCUT2D eigenvalue weighted by Crippen LogP contribution is 2.16. The summed E-state index contributed by atoms with van der Waals surface area (Å²) in [6.07, 6.45) is 1.46. The lowest BCUT2D eigenvalue weighted by molar-refractivity contribution is -0.119. The van der Waals surface area contributed by atoms with Crippen LogP contribution in [0.2, 0.25) is 0 Å². The second-order valence-corrected chi connectivity index (χ2v) is 4.38. The summed E-state index contributed by atoms with van der Waals surface area (Å²) < 4.78 is 6.34. The number of aromatic carboxylic acids is 1. The number of carboxylic acids is 1. The summed E-state index contributed by atoms with van der Waals surface area (Å²) in [5.74, 6) is -0.726. The first-order valence-corrected chi connectivity index (χ1v) is 6.24. The quantitative estimate of drug-likeness (QED) is 0.875. The van der Waals surface area contributed by atoms with Gasteiger partial charge in [-0.25, -0.2) is 4.79 Å². The van der Waals surface area contributed by atoms with E-state index in [0.29, 0.717) is 11.4 Å². The number of hydrogen-bond acceptors (Lipinski definition) is 4. The lowest BCUT2D eigenvalue weighted by atomic mass is 10.2. The zero-order chi connectivity index (χ0) is 15.4. The van der Waals surface area contributed by atoms with Crippen molar-refractivity contribution in [3.05, 3.63) is 42.2 Å². The second-order valence-electron chi connectivity index (χ2n) is 4.38. The van der Waals surface area contributed by atoms with E-state index in [1.54, 1.807) is 38.3 Å². The average Bonchev–Trinajstić information content (AvgIpc) is 2.97. The van der Waals surface area contributed by atoms with Crippen LogP contribution in [0.1, 0.15) is 23.5 Å². The summed E-state index contributed by atoms with van der Waals surface area (Å²) in [5.41, 5.74) is 0.525. The molecule has 110 valence electrons. The van der Waals surface area contributed by atoms with E-state index in [2.05, 4.69) is 10.4 Å². The molecule has 0 saturated heterocycles. The van der Waals surface area contributed by atoms with Gasteiger partial charge in [0.1, 0.15) is 11.8 Å². The minimum Gasteiger partial charge on any atom is -0.497 e. The Hall–Kier alpha value is -2.83. The molecule has 0 bridgehead atoms. The number of hydrogen-bond donors (Lipinski definition) is 2. The van der Waals surface area contributed by atoms with Gasteiger partial charge in [0, 0.05) is 11.9 Å². The first kappa shape index (κ1) is 14.6. The molecule has 1 unspecified atom stereocenters. The molecule has 7 nitrogen and oxygen atoms in total. The van der Waals surface area contributed by atoms with Crippen LogP contribution in [0.4, 0.5) is 5.69 Å². The van der Waals surface area contributed by atoms with E-state index < -0.39 is 12.0 Å². The monoisotopic (exact) mass is 289 g/mol. The van der Waals surface area contributed by atoms with Crippen molar-refractivity contribution in [2.24, 2.45) is 0 Å². The lowest BCUT2D eigenvalue weighted by Crippen LogP contribution is -2.24. The summed E-state index contributed by atoms with van der Waals surface area (Å²) >= 11 is 0. The van der Waals surface area contributed by atoms with Crippen molar-refractivity contribution >= 4 is 17.6 Å². The Bertz CT molecular complexity index is 648. The Morgan fingerprint density at radius 3 is 2.48 bits per heavy atom. The molecule has 7 heteroatoms. The molecule has 1 heterocycles. The van der Waals surface area contributed by atoms with Crippen LogP contribution >= 0.6 is 0 Å². The first-order valence-electron chi connectivity index (χ1n) is 6.24. The van der Waals surface area contributed by atoms with Gasteiger partial charge in [-0.15, -0.1) is 0 Å². The Kier molecular flexibility index (Phi) is 4.22. The molecule has 0 radical (unpaired) electrons. The molecule has 0 fully saturated rings. The molecule has 2 rings (SSSR count). The summed E-state index contributed by atoms with van der Waals surface area (Å²) in [4.78, 5) is 22.9. The fraction of sp³-hybridized carbons (Fsp3) is 0.214. The van der Waals surface area contributed by atoms with Crippen molar-refractivity contribution in [1.82, 2.24) is 9.78 Å². The third kappa shape index (κ3) is 3.38. The van der Waals surface area contributed by atoms with Crippen LogP contribution in [0.3, 0.4) is 0 Å². The first-order chi connectivity index (χ1) is 10.0. The normalized spacial score (nSPS) is 11.7. The number of ether oxygens (including phenoxy) is 1. The molecular weight excluding hydrogens is 274 g/mol. The molecule has 0 aliphatic heterocycles. The third-order valence-corrected chi connectivity index (χ3v) is 2.96. The molecule has 0 spiro atoms. The Morgan fingerprint density at radius 1 is 1.29 bits per heavy atom. The minimum atomic E-state index is -1.13. The smallest absolute Gasteiger partial charge is 0.356 e. The van der Waals surface area contributed by atoms with Gasteiger partial charge in [0.05, 0.1) is 7.11 Å². The van der Waals surface area contributed by atoms with Crippen molar-refractivity contribution in [2.45, 2.75) is 13.0 Å². The highest BCUT2D eigenvalue weighted by atomic mass is 16.5. The van der Waals surface area contributed by atoms with Gasteiger partial charge < -0.3 is 15.2 Å². The van der Waals surface area contributed by atoms with Gasteiger partial charge in [0.25, 0.3) is 0 Å². The lowest BCUT2D eigenvalue weighted by Gasteiger charge is -2.13. The zero-order valence-corrected chi connectivity index (χ0v) is 11.6. The molecule has 1 aromatic carbocycles. The van der Waals surface area contributed by atoms with Crippen LogP contribution in [0, 0.1) is 0 Å². The molecule has 2 aromatic rings. The molecule has 0 saturated carbocycles. The average molecular weight is 289 g/mol. The van der Waals surface area contributed by atoms with Crippen LogP contribution < -0.4 is 10.1 Å². The number of nitrogens with one attached hydrogen (secondary N) is 1. The molecule has 1 atom stereocenters. The van der Waals surface area contributed by atoms with E-state index in [9.17, 15) is 9.59 Å². The van der Waals surface area contributed by atoms with E-state index in [4.69, 9.17) is 9.84 Å². The fourth-order valence-electron chi connectivity index (χ4n) is 1.71. The van der Waals surface area contributed by atoms with Crippen molar-refractivity contribution < 1.29 is 19.4 Å². The van der Waals surface area contributed by atoms with Gasteiger partial charge in [-0.1, -0.05) is 0 Å². The second kappa shape index (κ2) is 6.08. The highest BCUT2D eigenvalue weighted by molar-refractivity contribution is 5.93. The van der Waals surface area contributed by atoms with Gasteiger partial charge in [-0.3, -0.25) is 9.48 Å². The van der Waals surface area contributed by atoms with Gasteiger partial charge in [-0.05, 0) is 37.3 Å². The number of aromatic nitrogens is 2. The molecule has 2 N–H and O–H groups in total. The van der Waals surface area contributed by atoms with E-state index in [1.807, 2.05) is 0 Å². The molecule has 1 aromatic heterocycles. The van der Waals surface area contributed by atoms with Crippen LogP contribution in [0.15, 0.2) is 36.5 Å². The number of nitrogens with zero attached hydrogens (tertiary/aromatic N) is 2. The summed E-state index contributed by atoms with van der Waals surface area (Å²) in [5, 5.41) is 15.4. The maximum absolute atomic E-state index is 12.1. The van der Waals surface area contributed by atoms with Crippen LogP contribution in [-0.4, -0.2) is 33.9 Å². The van der Waals surface area contributed by atoms with Crippen LogP contribution in [0.5, 0.6) is 5.75 Å². The fourth-order valence-corrected chi connectivity index (χ4v) is 1.71. The van der Waals surface area contributed by atoms with Crippen molar-refractivity contribution in [1.29, 1.82) is 0 Å². The van der Waals surface area contributed by atoms with Crippen LogP contribution in [-0.2, 0) is 4.79 Å². The Morgan fingerprint density at radius 2 is 1.95 bits per heavy atom. The van der Waals surface area contributed by atoms with Gasteiger partial charge >= 0.3 is 5.97 Å². The predicted octanol–water partition coefficient (Wildman–Crippen LogP) is 1.79. The summed E-state index contributed by atoms with van der Waals surface area (Å²) in [7, 11) is 1.56. The number of benzene rings is 1. The van der Waals surface area contributed by atoms with Crippen molar-refractivity contribution in [2.75, 3.05) is 12.4 Å².